The zero-order valence-electron chi connectivity index (χ0n) is 14.7. The maximum Gasteiger partial charge on any atom is 0.267 e. The molecule has 3 N–H and O–H groups in total. The number of benzene rings is 3. The molecule has 0 aliphatic heterocycles. The topological polar surface area (TPSA) is 87.4 Å². The van der Waals surface area contributed by atoms with Crippen molar-refractivity contribution in [3.8, 4) is 11.4 Å². The number of fused-ring (bicyclic) bond motifs is 1. The SMILES string of the molecule is CO.O=c1c2ccccc2nc(Nc2ccccc2)n1-c1ccccc1O. The van der Waals surface area contributed by atoms with Crippen LogP contribution < -0.4 is 10.9 Å². The van der Waals surface area contributed by atoms with Gasteiger partial charge >= 0.3 is 0 Å². The molecule has 6 nitrogen and oxygen atoms in total. The Kier molecular flexibility index (Phi) is 5.49. The van der Waals surface area contributed by atoms with Crippen LogP contribution in [0.5, 0.6) is 5.75 Å². The first-order chi connectivity index (χ1) is 13.2. The normalized spacial score (nSPS) is 10.1. The van der Waals surface area contributed by atoms with Crippen molar-refractivity contribution in [3.05, 3.63) is 89.2 Å². The molecule has 0 bridgehead atoms. The van der Waals surface area contributed by atoms with Gasteiger partial charge in [-0.3, -0.25) is 4.79 Å². The number of phenols is 1. The van der Waals surface area contributed by atoms with Crippen LogP contribution >= 0.6 is 0 Å². The molecule has 0 aliphatic rings. The molecule has 4 aromatic rings. The van der Waals surface area contributed by atoms with Crippen LogP contribution in [0, 0.1) is 0 Å². The summed E-state index contributed by atoms with van der Waals surface area (Å²) in [6.45, 7) is 0. The second kappa shape index (κ2) is 8.16. The van der Waals surface area contributed by atoms with Crippen molar-refractivity contribution < 1.29 is 10.2 Å². The molecule has 136 valence electrons. The number of nitrogens with one attached hydrogen (secondary N) is 1. The number of nitrogens with zero attached hydrogens (tertiary/aromatic N) is 2. The summed E-state index contributed by atoms with van der Waals surface area (Å²) in [6.07, 6.45) is 0. The first kappa shape index (κ1) is 18.2. The quantitative estimate of drug-likeness (QED) is 0.520. The van der Waals surface area contributed by atoms with Gasteiger partial charge < -0.3 is 15.5 Å². The number of phenolic OH excluding ortho intramolecular Hbond substituents is 1. The van der Waals surface area contributed by atoms with E-state index in [1.807, 2.05) is 36.4 Å². The van der Waals surface area contributed by atoms with Crippen LogP contribution in [0.15, 0.2) is 83.7 Å². The third-order valence-electron chi connectivity index (χ3n) is 3.93. The molecule has 0 aliphatic carbocycles. The highest BCUT2D eigenvalue weighted by Crippen LogP contribution is 2.25. The number of rotatable bonds is 3. The van der Waals surface area contributed by atoms with Crippen molar-refractivity contribution in [2.24, 2.45) is 0 Å². The molecule has 27 heavy (non-hydrogen) atoms. The molecule has 0 amide bonds. The van der Waals surface area contributed by atoms with Gasteiger partial charge in [-0.1, -0.05) is 42.5 Å². The van der Waals surface area contributed by atoms with Gasteiger partial charge in [0.2, 0.25) is 5.95 Å². The van der Waals surface area contributed by atoms with Crippen LogP contribution in [0.4, 0.5) is 11.6 Å². The van der Waals surface area contributed by atoms with Crippen LogP contribution in [-0.2, 0) is 0 Å². The van der Waals surface area contributed by atoms with Gasteiger partial charge in [0.05, 0.1) is 16.6 Å². The summed E-state index contributed by atoms with van der Waals surface area (Å²) < 4.78 is 1.39. The molecule has 0 radical (unpaired) electrons. The largest absolute Gasteiger partial charge is 0.506 e. The number of anilines is 2. The van der Waals surface area contributed by atoms with E-state index in [4.69, 9.17) is 5.11 Å². The van der Waals surface area contributed by atoms with Gasteiger partial charge in [-0.15, -0.1) is 0 Å². The van der Waals surface area contributed by atoms with Crippen molar-refractivity contribution in [2.75, 3.05) is 12.4 Å². The second-order valence-electron chi connectivity index (χ2n) is 5.57. The van der Waals surface area contributed by atoms with Crippen LogP contribution in [0.25, 0.3) is 16.6 Å². The van der Waals surface area contributed by atoms with Crippen molar-refractivity contribution in [1.82, 2.24) is 9.55 Å². The van der Waals surface area contributed by atoms with Gasteiger partial charge in [-0.2, -0.15) is 0 Å². The van der Waals surface area contributed by atoms with E-state index in [1.165, 1.54) is 4.57 Å². The smallest absolute Gasteiger partial charge is 0.267 e. The molecular weight excluding hydrogens is 342 g/mol. The van der Waals surface area contributed by atoms with E-state index < -0.39 is 0 Å². The first-order valence-electron chi connectivity index (χ1n) is 8.31. The summed E-state index contributed by atoms with van der Waals surface area (Å²) in [5.74, 6) is 0.356. The third kappa shape index (κ3) is 3.65. The summed E-state index contributed by atoms with van der Waals surface area (Å²) in [5, 5.41) is 20.9. The van der Waals surface area contributed by atoms with Crippen molar-refractivity contribution in [1.29, 1.82) is 0 Å². The minimum Gasteiger partial charge on any atom is -0.506 e. The molecule has 1 heterocycles. The van der Waals surface area contributed by atoms with Gasteiger partial charge in [0, 0.05) is 12.8 Å². The van der Waals surface area contributed by atoms with Gasteiger partial charge in [0.25, 0.3) is 5.56 Å². The van der Waals surface area contributed by atoms with E-state index >= 15 is 0 Å². The number of aliphatic hydroxyl groups is 1. The third-order valence-corrected chi connectivity index (χ3v) is 3.93. The first-order valence-corrected chi connectivity index (χ1v) is 8.31. The summed E-state index contributed by atoms with van der Waals surface area (Å²) in [7, 11) is 1.00. The van der Waals surface area contributed by atoms with E-state index in [0.29, 0.717) is 22.5 Å². The summed E-state index contributed by atoms with van der Waals surface area (Å²) in [6, 6.07) is 23.3. The van der Waals surface area contributed by atoms with E-state index in [1.54, 1.807) is 42.5 Å². The Morgan fingerprint density at radius 1 is 0.852 bits per heavy atom. The molecular formula is C21H19N3O3. The number of aromatic hydroxyl groups is 1. The predicted octanol–water partition coefficient (Wildman–Crippen LogP) is 3.44. The molecule has 1 aromatic heterocycles. The molecule has 3 aromatic carbocycles. The van der Waals surface area contributed by atoms with Crippen LogP contribution in [0.3, 0.4) is 0 Å². The summed E-state index contributed by atoms with van der Waals surface area (Å²) in [4.78, 5) is 17.7. The average molecular weight is 361 g/mol. The van der Waals surface area contributed by atoms with Gasteiger partial charge in [0.1, 0.15) is 5.75 Å². The fraction of sp³-hybridized carbons (Fsp3) is 0.0476. The molecule has 0 atom stereocenters. The number of para-hydroxylation sites is 4. The Morgan fingerprint density at radius 3 is 2.22 bits per heavy atom. The van der Waals surface area contributed by atoms with Gasteiger partial charge in [-0.05, 0) is 36.4 Å². The fourth-order valence-corrected chi connectivity index (χ4v) is 2.74. The second-order valence-corrected chi connectivity index (χ2v) is 5.57. The predicted molar refractivity (Wildman–Crippen MR) is 107 cm³/mol. The van der Waals surface area contributed by atoms with Gasteiger partial charge in [-0.25, -0.2) is 9.55 Å². The Bertz CT molecular complexity index is 1110. The number of aliphatic hydroxyl groups excluding tert-OH is 1. The fourth-order valence-electron chi connectivity index (χ4n) is 2.74. The van der Waals surface area contributed by atoms with E-state index in [-0.39, 0.29) is 11.3 Å². The minimum absolute atomic E-state index is 0.0118. The van der Waals surface area contributed by atoms with Crippen molar-refractivity contribution in [2.45, 2.75) is 0 Å². The lowest BCUT2D eigenvalue weighted by molar-refractivity contribution is 0.399. The summed E-state index contributed by atoms with van der Waals surface area (Å²) in [5.41, 5.74) is 1.53. The zero-order valence-corrected chi connectivity index (χ0v) is 14.7. The van der Waals surface area contributed by atoms with Crippen LogP contribution in [0.1, 0.15) is 0 Å². The highest BCUT2D eigenvalue weighted by Gasteiger charge is 2.15. The van der Waals surface area contributed by atoms with Crippen LogP contribution in [0.2, 0.25) is 0 Å². The molecule has 0 spiro atoms. The maximum atomic E-state index is 13.1. The van der Waals surface area contributed by atoms with E-state index in [9.17, 15) is 9.90 Å². The average Bonchev–Trinajstić information content (AvgIpc) is 2.72. The Hall–Kier alpha value is -3.64. The molecule has 0 fully saturated rings. The highest BCUT2D eigenvalue weighted by atomic mass is 16.3. The Morgan fingerprint density at radius 2 is 1.48 bits per heavy atom. The molecule has 6 heteroatoms. The minimum atomic E-state index is -0.245. The lowest BCUT2D eigenvalue weighted by atomic mass is 10.2. The Labute approximate surface area is 156 Å². The number of hydrogen-bond donors (Lipinski definition) is 3. The lowest BCUT2D eigenvalue weighted by Gasteiger charge is -2.15. The molecule has 0 unspecified atom stereocenters. The number of aromatic nitrogens is 2. The lowest BCUT2D eigenvalue weighted by Crippen LogP contribution is -2.22. The zero-order chi connectivity index (χ0) is 19.2. The Balaban J connectivity index is 0.00000102. The van der Waals surface area contributed by atoms with E-state index in [0.717, 1.165) is 12.8 Å². The van der Waals surface area contributed by atoms with Crippen molar-refractivity contribution >= 4 is 22.5 Å². The monoisotopic (exact) mass is 361 g/mol. The van der Waals surface area contributed by atoms with Gasteiger partial charge in [0.15, 0.2) is 0 Å². The standard InChI is InChI=1S/C20H15N3O2.CH4O/c24-18-13-7-6-12-17(18)23-19(25)15-10-4-5-11-16(15)22-20(23)21-14-8-2-1-3-9-14;1-2/h1-13,24H,(H,21,22);2H,1H3. The summed E-state index contributed by atoms with van der Waals surface area (Å²) >= 11 is 0. The van der Waals surface area contributed by atoms with E-state index in [2.05, 4.69) is 10.3 Å². The molecule has 0 saturated heterocycles. The molecule has 0 saturated carbocycles. The number of hydrogen-bond acceptors (Lipinski definition) is 5. The van der Waals surface area contributed by atoms with Crippen LogP contribution in [-0.4, -0.2) is 26.9 Å². The highest BCUT2D eigenvalue weighted by molar-refractivity contribution is 5.80. The van der Waals surface area contributed by atoms with Crippen molar-refractivity contribution in [3.63, 3.8) is 0 Å². The molecule has 4 rings (SSSR count). The maximum absolute atomic E-state index is 13.1.